The molecule has 7 rings (SSSR count). The summed E-state index contributed by atoms with van der Waals surface area (Å²) in [7, 11) is 1.44. The highest BCUT2D eigenvalue weighted by molar-refractivity contribution is 5.99. The number of aliphatic carboxylic acids is 2. The van der Waals surface area contributed by atoms with Gasteiger partial charge in [0.15, 0.2) is 5.96 Å². The number of hydrogen-bond donors (Lipinski definition) is 13. The summed E-state index contributed by atoms with van der Waals surface area (Å²) >= 11 is 0. The van der Waals surface area contributed by atoms with Gasteiger partial charge in [0.05, 0.1) is 36.5 Å². The Labute approximate surface area is 607 Å². The molecule has 0 radical (unpaired) electrons. The van der Waals surface area contributed by atoms with Crippen LogP contribution in [-0.4, -0.2) is 207 Å². The van der Waals surface area contributed by atoms with Crippen molar-refractivity contribution in [3.05, 3.63) is 150 Å². The molecule has 36 nitrogen and oxygen atoms in total. The summed E-state index contributed by atoms with van der Waals surface area (Å²) in [5.74, 6) is -11.1. The zero-order valence-electron chi connectivity index (χ0n) is 57.9. The van der Waals surface area contributed by atoms with Crippen molar-refractivity contribution in [2.45, 2.75) is 138 Å². The van der Waals surface area contributed by atoms with Gasteiger partial charge >= 0.3 is 35.1 Å². The fourth-order valence-corrected chi connectivity index (χ4v) is 11.6. The lowest BCUT2D eigenvalue weighted by molar-refractivity contribution is -0.422. The fourth-order valence-electron chi connectivity index (χ4n) is 11.6. The molecule has 2 aliphatic rings. The van der Waals surface area contributed by atoms with Crippen LogP contribution in [0.2, 0.25) is 0 Å². The first-order chi connectivity index (χ1) is 50.8. The first kappa shape index (κ1) is 83.6. The topological polar surface area (TPSA) is 541 Å². The summed E-state index contributed by atoms with van der Waals surface area (Å²) in [5, 5.41) is 71.3. The molecule has 0 aliphatic carbocycles. The number of methoxy groups -OCH3 is 1. The fraction of sp³-hybridized carbons (Fsp3) is 0.426. The molecule has 576 valence electrons. The maximum absolute atomic E-state index is 14.5. The second-order valence-corrected chi connectivity index (χ2v) is 24.7. The number of carbonyl (C=O) groups excluding carboxylic acids is 9. The lowest BCUT2D eigenvalue weighted by Crippen LogP contribution is -2.59. The number of benzene rings is 4. The van der Waals surface area contributed by atoms with Crippen LogP contribution < -0.4 is 64.4 Å². The molecular formula is C68H82F3N15O21. The van der Waals surface area contributed by atoms with E-state index in [1.54, 1.807) is 72.8 Å². The normalized spacial score (nSPS) is 15.5. The maximum Gasteiger partial charge on any atom is 0.490 e. The van der Waals surface area contributed by atoms with Gasteiger partial charge in [0.2, 0.25) is 53.2 Å². The molecule has 9 amide bonds. The molecule has 1 aromatic heterocycles. The number of carboxylic acid groups (broad SMARTS) is 2. The number of nitrogens with two attached hydrogens (primary N) is 2. The molecule has 0 bridgehead atoms. The van der Waals surface area contributed by atoms with E-state index >= 15 is 0 Å². The summed E-state index contributed by atoms with van der Waals surface area (Å²) < 4.78 is 42.3. The predicted octanol–water partition coefficient (Wildman–Crippen LogP) is 0.719. The first-order valence-electron chi connectivity index (χ1n) is 33.5. The van der Waals surface area contributed by atoms with E-state index in [-0.39, 0.29) is 101 Å². The van der Waals surface area contributed by atoms with Crippen molar-refractivity contribution < 1.29 is 100 Å². The molecule has 2 aliphatic heterocycles. The Morgan fingerprint density at radius 3 is 1.81 bits per heavy atom. The molecule has 0 spiro atoms. The minimum Gasteiger partial charge on any atom is -0.497 e. The number of alkyl halides is 3. The number of nitrogens with zero attached hydrogens (tertiary/aromatic N) is 5. The third-order valence-corrected chi connectivity index (χ3v) is 16.9. The van der Waals surface area contributed by atoms with Crippen LogP contribution in [0.5, 0.6) is 5.75 Å². The molecular weight excluding hydrogens is 1420 g/mol. The summed E-state index contributed by atoms with van der Waals surface area (Å²) in [6.45, 7) is 0.115. The van der Waals surface area contributed by atoms with E-state index in [2.05, 4.69) is 47.5 Å². The third-order valence-electron chi connectivity index (χ3n) is 16.9. The number of anilines is 1. The predicted molar refractivity (Wildman–Crippen MR) is 373 cm³/mol. The van der Waals surface area contributed by atoms with Crippen LogP contribution in [0, 0.1) is 20.2 Å². The molecule has 0 unspecified atom stereocenters. The van der Waals surface area contributed by atoms with E-state index in [4.69, 9.17) is 30.5 Å². The number of ether oxygens (including phenoxy) is 1. The zero-order valence-corrected chi connectivity index (χ0v) is 57.9. The van der Waals surface area contributed by atoms with Gasteiger partial charge in [-0.15, -0.1) is 0 Å². The van der Waals surface area contributed by atoms with Gasteiger partial charge in [0.1, 0.15) is 59.7 Å². The number of carboxylic acids is 2. The molecule has 2 fully saturated rings. The van der Waals surface area contributed by atoms with Gasteiger partial charge in [-0.3, -0.25) is 68.4 Å². The van der Waals surface area contributed by atoms with Crippen LogP contribution in [-0.2, 0) is 72.0 Å². The Kier molecular flexibility index (Phi) is 31.3. The molecule has 2 saturated heterocycles. The average Bonchev–Trinajstić information content (AvgIpc) is 1.79. The van der Waals surface area contributed by atoms with E-state index in [1.165, 1.54) is 42.0 Å². The number of halogens is 3. The zero-order chi connectivity index (χ0) is 78.7. The molecule has 3 heterocycles. The Balaban J connectivity index is 0.00000243. The highest BCUT2D eigenvalue weighted by atomic mass is 19.4. The molecule has 15 N–H and O–H groups in total. The highest BCUT2D eigenvalue weighted by Gasteiger charge is 2.44. The number of aliphatic imine (C=N–C) groups is 1. The van der Waals surface area contributed by atoms with Gasteiger partial charge in [-0.1, -0.05) is 60.7 Å². The van der Waals surface area contributed by atoms with Crippen molar-refractivity contribution in [2.75, 3.05) is 51.8 Å². The number of nitrogens with one attached hydrogen (secondary N) is 8. The van der Waals surface area contributed by atoms with Crippen LogP contribution in [0.25, 0.3) is 11.0 Å². The van der Waals surface area contributed by atoms with Crippen LogP contribution in [0.15, 0.2) is 117 Å². The first-order valence-corrected chi connectivity index (χ1v) is 33.5. The summed E-state index contributed by atoms with van der Waals surface area (Å²) in [4.78, 5) is 187. The van der Waals surface area contributed by atoms with Crippen molar-refractivity contribution in [1.82, 2.24) is 47.0 Å². The number of nitro benzene ring substituents is 2. The standard InChI is InChI=1S/C66H81N15O19.C2HF3O2/c1-38(58(86)76-48(31-40-16-7-4-8-17-40)60(88)75-46(65(93)94)18-9-10-26-69-42-22-25-50(80(95)96)53(34-42)81(97)98)72-61(89)49(37-82)77-59(87)47(30-39-14-5-3-6-15-39)74-56(84)36-71-62(90)51-20-12-28-78(51)64(92)52-21-13-29-79(52)63(91)45(19-11-27-70-66(67)68)73-55(83)32-41-33-57(85)100-54-35-43(99-2)23-24-44(41)54;3-2(4,5)1(6)7/h3-8,14-17,22-25,33-35,38,45-49,51-52,69,82H,9-13,18-21,26-32,36-37H2,1-2H3,(H,71,90)(H,72,89)(H,73,83)(H,74,84)(H,75,88)(H,76,86)(H,77,87)(H,93,94)(H4,67,68,70);(H,6,7)/t38-,45-,46-,47-,48-,49-,51-,52-;/m0./s1. The van der Waals surface area contributed by atoms with Gasteiger partial charge in [0, 0.05) is 74.4 Å². The molecule has 8 atom stereocenters. The number of nitro groups is 2. The van der Waals surface area contributed by atoms with Crippen molar-refractivity contribution in [3.63, 3.8) is 0 Å². The number of rotatable bonds is 36. The van der Waals surface area contributed by atoms with Crippen molar-refractivity contribution in [3.8, 4) is 5.75 Å². The summed E-state index contributed by atoms with van der Waals surface area (Å²) in [5.41, 5.74) is 10.8. The monoisotopic (exact) mass is 1500 g/mol. The lowest BCUT2D eigenvalue weighted by Gasteiger charge is -2.33. The quantitative estimate of drug-likeness (QED) is 0.00656. The Hall–Kier alpha value is -12.3. The van der Waals surface area contributed by atoms with Gasteiger partial charge in [0.25, 0.3) is 0 Å². The van der Waals surface area contributed by atoms with Crippen molar-refractivity contribution in [1.29, 1.82) is 0 Å². The highest BCUT2D eigenvalue weighted by Crippen LogP contribution is 2.31. The van der Waals surface area contributed by atoms with Crippen molar-refractivity contribution >= 4 is 99.1 Å². The van der Waals surface area contributed by atoms with Gasteiger partial charge < -0.3 is 88.3 Å². The van der Waals surface area contributed by atoms with Crippen LogP contribution in [0.3, 0.4) is 0 Å². The Morgan fingerprint density at radius 1 is 0.673 bits per heavy atom. The average molecular weight is 1500 g/mol. The molecule has 0 saturated carbocycles. The minimum atomic E-state index is -5.08. The number of hydrogen-bond acceptors (Lipinski definition) is 21. The smallest absolute Gasteiger partial charge is 0.490 e. The number of guanidine groups is 1. The Bertz CT molecular complexity index is 4130. The number of aliphatic hydroxyl groups is 1. The third kappa shape index (κ3) is 25.5. The van der Waals surface area contributed by atoms with E-state index in [0.29, 0.717) is 47.1 Å². The Morgan fingerprint density at radius 2 is 1.23 bits per heavy atom. The number of aliphatic hydroxyl groups excluding tert-OH is 1. The van der Waals surface area contributed by atoms with Crippen LogP contribution >= 0.6 is 0 Å². The van der Waals surface area contributed by atoms with E-state index in [0.717, 1.165) is 12.1 Å². The van der Waals surface area contributed by atoms with Crippen LogP contribution in [0.4, 0.5) is 30.2 Å². The van der Waals surface area contributed by atoms with E-state index in [9.17, 15) is 96.4 Å². The number of unbranched alkanes of at least 4 members (excludes halogenated alkanes) is 1. The lowest BCUT2D eigenvalue weighted by atomic mass is 10.0. The number of fused-ring (bicyclic) bond motifs is 1. The van der Waals surface area contributed by atoms with Gasteiger partial charge in [-0.25, -0.2) is 14.4 Å². The number of amides is 9. The second kappa shape index (κ2) is 40.1. The second-order valence-electron chi connectivity index (χ2n) is 24.7. The largest absolute Gasteiger partial charge is 0.497 e. The van der Waals surface area contributed by atoms with E-state index in [1.807, 2.05) is 0 Å². The van der Waals surface area contributed by atoms with Gasteiger partial charge in [-0.05, 0) is 99.6 Å². The molecule has 39 heteroatoms. The van der Waals surface area contributed by atoms with Crippen molar-refractivity contribution in [2.24, 2.45) is 16.5 Å². The molecule has 5 aromatic rings. The summed E-state index contributed by atoms with van der Waals surface area (Å²) in [6, 6.07) is 15.2. The molecule has 107 heavy (non-hydrogen) atoms. The maximum atomic E-state index is 14.5. The van der Waals surface area contributed by atoms with E-state index < -0.39 is 160 Å². The molecule has 4 aromatic carbocycles. The SMILES string of the molecule is COc1ccc2c(CC(=O)N[C@@H](CCCN=C(N)N)C(=O)N3CCC[C@H]3C(=O)N3CCC[C@H]3C(=O)NCC(=O)N[C@@H](Cc3ccccc3)C(=O)N[C@@H](CO)C(=O)N[C@@H](C)C(=O)N[C@@H](Cc3ccccc3)C(=O)N[C@@H](CCCCNc3ccc([N+](=O)[O-])c([N+](=O)[O-])c3)C(=O)O)cc(=O)oc2c1.O=C(O)C(F)(F)F. The summed E-state index contributed by atoms with van der Waals surface area (Å²) in [6.07, 6.45) is -3.75. The number of likely N-dealkylation sites (tertiary alicyclic amines) is 2. The minimum absolute atomic E-state index is 0.0592. The number of carbonyl (C=O) groups is 11. The van der Waals surface area contributed by atoms with Crippen LogP contribution in [0.1, 0.15) is 81.4 Å². The van der Waals surface area contributed by atoms with Gasteiger partial charge in [-0.2, -0.15) is 13.2 Å².